The molecule has 1 N–H and O–H groups in total. The van der Waals surface area contributed by atoms with Gasteiger partial charge in [-0.3, -0.25) is 0 Å². The van der Waals surface area contributed by atoms with Crippen molar-refractivity contribution >= 4 is 0 Å². The quantitative estimate of drug-likeness (QED) is 0.368. The zero-order chi connectivity index (χ0) is 16.3. The van der Waals surface area contributed by atoms with Gasteiger partial charge in [0, 0.05) is 30.5 Å². The average molecular weight is 293 g/mol. The maximum absolute atomic E-state index is 4.31. The lowest BCUT2D eigenvalue weighted by Gasteiger charge is -2.28. The van der Waals surface area contributed by atoms with Crippen LogP contribution in [0.15, 0.2) is 36.7 Å². The van der Waals surface area contributed by atoms with Gasteiger partial charge in [-0.2, -0.15) is 0 Å². The Hall–Kier alpha value is -1.18. The Balaban J connectivity index is 4.37. The number of rotatable bonds is 13. The van der Waals surface area contributed by atoms with Crippen molar-refractivity contribution in [2.75, 3.05) is 13.1 Å². The van der Waals surface area contributed by atoms with Crippen LogP contribution in [0.2, 0.25) is 0 Å². The van der Waals surface area contributed by atoms with E-state index in [1.807, 2.05) is 6.92 Å². The first-order chi connectivity index (χ1) is 9.92. The molecule has 0 bridgehead atoms. The van der Waals surface area contributed by atoms with E-state index in [-0.39, 0.29) is 0 Å². The minimum atomic E-state index is 0.304. The second-order valence-corrected chi connectivity index (χ2v) is 6.12. The molecule has 2 heteroatoms. The Morgan fingerprint density at radius 2 is 1.67 bits per heavy atom. The van der Waals surface area contributed by atoms with Crippen LogP contribution in [0, 0.1) is 0 Å². The predicted octanol–water partition coefficient (Wildman–Crippen LogP) is 5.25. The Bertz CT molecular complexity index is 330. The largest absolute Gasteiger partial charge is 0.383 e. The molecule has 0 aromatic heterocycles. The van der Waals surface area contributed by atoms with Crippen molar-refractivity contribution in [2.45, 2.75) is 72.3 Å². The molecule has 0 saturated heterocycles. The van der Waals surface area contributed by atoms with Crippen LogP contribution in [-0.4, -0.2) is 24.0 Å². The Labute approximate surface area is 133 Å². The molecule has 0 amide bonds. The van der Waals surface area contributed by atoms with E-state index >= 15 is 0 Å². The van der Waals surface area contributed by atoms with Gasteiger partial charge in [-0.25, -0.2) is 0 Å². The first-order valence-electron chi connectivity index (χ1n) is 8.42. The molecule has 0 aliphatic heterocycles. The van der Waals surface area contributed by atoms with E-state index < -0.39 is 0 Å². The second-order valence-electron chi connectivity index (χ2n) is 6.12. The van der Waals surface area contributed by atoms with Crippen LogP contribution in [0.1, 0.15) is 66.2 Å². The third kappa shape index (κ3) is 9.38. The number of hydrogen-bond acceptors (Lipinski definition) is 2. The first kappa shape index (κ1) is 19.8. The minimum absolute atomic E-state index is 0.304. The van der Waals surface area contributed by atoms with E-state index in [2.05, 4.69) is 50.7 Å². The van der Waals surface area contributed by atoms with Crippen LogP contribution < -0.4 is 5.32 Å². The molecule has 0 spiro atoms. The molecule has 0 aromatic carbocycles. The van der Waals surface area contributed by atoms with E-state index in [0.717, 1.165) is 31.6 Å². The maximum atomic E-state index is 4.31. The number of nitrogens with zero attached hydrogens (tertiary/aromatic N) is 1. The van der Waals surface area contributed by atoms with Crippen molar-refractivity contribution in [3.05, 3.63) is 36.7 Å². The topological polar surface area (TPSA) is 15.3 Å². The molecule has 2 nitrogen and oxygen atoms in total. The van der Waals surface area contributed by atoms with Crippen LogP contribution in [0.3, 0.4) is 0 Å². The van der Waals surface area contributed by atoms with Gasteiger partial charge in [0.05, 0.1) is 0 Å². The van der Waals surface area contributed by atoms with Gasteiger partial charge in [-0.1, -0.05) is 52.0 Å². The Kier molecular flexibility index (Phi) is 10.8. The lowest BCUT2D eigenvalue weighted by atomic mass is 10.0. The van der Waals surface area contributed by atoms with Crippen molar-refractivity contribution in [3.8, 4) is 0 Å². The molecule has 0 radical (unpaired) electrons. The van der Waals surface area contributed by atoms with E-state index in [1.165, 1.54) is 37.0 Å². The third-order valence-corrected chi connectivity index (χ3v) is 3.71. The summed E-state index contributed by atoms with van der Waals surface area (Å²) in [4.78, 5) is 2.46. The van der Waals surface area contributed by atoms with Gasteiger partial charge < -0.3 is 10.2 Å². The molecular formula is C19H36N2. The summed E-state index contributed by atoms with van der Waals surface area (Å²) in [6.45, 7) is 23.2. The van der Waals surface area contributed by atoms with Crippen LogP contribution in [-0.2, 0) is 0 Å². The highest BCUT2D eigenvalue weighted by molar-refractivity contribution is 5.08. The van der Waals surface area contributed by atoms with Crippen LogP contribution in [0.25, 0.3) is 0 Å². The highest BCUT2D eigenvalue weighted by atomic mass is 15.1. The molecule has 0 aliphatic rings. The van der Waals surface area contributed by atoms with E-state index in [9.17, 15) is 0 Å². The summed E-state index contributed by atoms with van der Waals surface area (Å²) in [5.74, 6) is 0. The normalized spacial score (nSPS) is 11.8. The molecule has 0 heterocycles. The summed E-state index contributed by atoms with van der Waals surface area (Å²) >= 11 is 0. The molecule has 21 heavy (non-hydrogen) atoms. The van der Waals surface area contributed by atoms with E-state index in [4.69, 9.17) is 0 Å². The number of nitrogens with one attached hydrogen (secondary N) is 1. The van der Waals surface area contributed by atoms with Crippen molar-refractivity contribution in [3.63, 3.8) is 0 Å². The highest BCUT2D eigenvalue weighted by Gasteiger charge is 2.12. The second kappa shape index (κ2) is 11.5. The molecule has 0 fully saturated rings. The summed E-state index contributed by atoms with van der Waals surface area (Å²) in [5, 5.41) is 3.40. The van der Waals surface area contributed by atoms with Gasteiger partial charge >= 0.3 is 0 Å². The standard InChI is InChI=1S/C19H36N2/c1-8-10-11-15-21(14-9-2)18(7)12-13-19(16(3)4)20-17(5)6/h19-20H,3,5,7-15H2,1-2,4,6H3. The molecule has 0 aromatic rings. The number of unbranched alkanes of at least 4 members (excludes halogenated alkanes) is 2. The molecule has 1 unspecified atom stereocenters. The fraction of sp³-hybridized carbons (Fsp3) is 0.684. The monoisotopic (exact) mass is 292 g/mol. The Morgan fingerprint density at radius 1 is 1.00 bits per heavy atom. The summed E-state index contributed by atoms with van der Waals surface area (Å²) in [6, 6.07) is 0.304. The van der Waals surface area contributed by atoms with Crippen LogP contribution >= 0.6 is 0 Å². The zero-order valence-electron chi connectivity index (χ0n) is 14.8. The highest BCUT2D eigenvalue weighted by Crippen LogP contribution is 2.16. The van der Waals surface area contributed by atoms with Crippen LogP contribution in [0.4, 0.5) is 0 Å². The van der Waals surface area contributed by atoms with Crippen molar-refractivity contribution < 1.29 is 0 Å². The van der Waals surface area contributed by atoms with Gasteiger partial charge in [0.15, 0.2) is 0 Å². The fourth-order valence-electron chi connectivity index (χ4n) is 2.46. The van der Waals surface area contributed by atoms with Gasteiger partial charge in [0.25, 0.3) is 0 Å². The predicted molar refractivity (Wildman–Crippen MR) is 96.3 cm³/mol. The van der Waals surface area contributed by atoms with E-state index in [1.54, 1.807) is 0 Å². The minimum Gasteiger partial charge on any atom is -0.383 e. The summed E-state index contributed by atoms with van der Waals surface area (Å²) in [7, 11) is 0. The van der Waals surface area contributed by atoms with Crippen LogP contribution in [0.5, 0.6) is 0 Å². The molecule has 1 atom stereocenters. The fourth-order valence-corrected chi connectivity index (χ4v) is 2.46. The lowest BCUT2D eigenvalue weighted by molar-refractivity contribution is 0.320. The average Bonchev–Trinajstić information content (AvgIpc) is 2.41. The number of hydrogen-bond donors (Lipinski definition) is 1. The number of allylic oxidation sites excluding steroid dienone is 2. The molecule has 122 valence electrons. The molecule has 0 aliphatic carbocycles. The maximum Gasteiger partial charge on any atom is 0.0468 e. The lowest BCUT2D eigenvalue weighted by Crippen LogP contribution is -2.30. The molecular weight excluding hydrogens is 256 g/mol. The first-order valence-corrected chi connectivity index (χ1v) is 8.42. The van der Waals surface area contributed by atoms with E-state index in [0.29, 0.717) is 6.04 Å². The molecule has 0 rings (SSSR count). The SMILES string of the molecule is C=C(C)NC(CCC(=C)N(CCC)CCCCC)C(=C)C. The summed E-state index contributed by atoms with van der Waals surface area (Å²) < 4.78 is 0. The van der Waals surface area contributed by atoms with Gasteiger partial charge in [0.1, 0.15) is 0 Å². The Morgan fingerprint density at radius 3 is 2.14 bits per heavy atom. The third-order valence-electron chi connectivity index (χ3n) is 3.71. The van der Waals surface area contributed by atoms with Gasteiger partial charge in [-0.05, 0) is 39.5 Å². The van der Waals surface area contributed by atoms with Crippen molar-refractivity contribution in [1.82, 2.24) is 10.2 Å². The smallest absolute Gasteiger partial charge is 0.0468 e. The summed E-state index contributed by atoms with van der Waals surface area (Å²) in [6.07, 6.45) is 7.08. The van der Waals surface area contributed by atoms with Gasteiger partial charge in [0.2, 0.25) is 0 Å². The van der Waals surface area contributed by atoms with Crippen molar-refractivity contribution in [1.29, 1.82) is 0 Å². The van der Waals surface area contributed by atoms with Crippen molar-refractivity contribution in [2.24, 2.45) is 0 Å². The van der Waals surface area contributed by atoms with Gasteiger partial charge in [-0.15, -0.1) is 0 Å². The summed E-state index contributed by atoms with van der Waals surface area (Å²) in [5.41, 5.74) is 3.43. The molecule has 0 saturated carbocycles. The zero-order valence-corrected chi connectivity index (χ0v) is 14.8.